The Morgan fingerprint density at radius 1 is 1.40 bits per heavy atom. The summed E-state index contributed by atoms with van der Waals surface area (Å²) in [6.45, 7) is 8.64. The van der Waals surface area contributed by atoms with E-state index in [0.717, 1.165) is 6.42 Å². The minimum Gasteiger partial charge on any atom is -0.468 e. The normalized spacial score (nSPS) is 21.4. The van der Waals surface area contributed by atoms with Crippen LogP contribution in [0.4, 0.5) is 0 Å². The number of rotatable bonds is 9. The molecule has 118 valence electrons. The Hall–Kier alpha value is -0.610. The molecule has 3 unspecified atom stereocenters. The van der Waals surface area contributed by atoms with Crippen molar-refractivity contribution in [3.8, 4) is 0 Å². The Balaban J connectivity index is 2.65. The zero-order chi connectivity index (χ0) is 15.3. The highest BCUT2D eigenvalue weighted by Crippen LogP contribution is 2.27. The number of carbonyl (C=O) groups is 1. The third-order valence-corrected chi connectivity index (χ3v) is 4.54. The molecule has 4 nitrogen and oxygen atoms in total. The minimum atomic E-state index is -0.574. The van der Waals surface area contributed by atoms with Crippen LogP contribution in [0.5, 0.6) is 0 Å². The molecule has 0 bridgehead atoms. The standard InChI is InChI=1S/C16H32N2O2/c1-7-8-12(2)18(5)13(3)11-16(4,15(19)20-6)17-14-9-10-14/h12-14,17H,7-11H2,1-6H3. The Bertz CT molecular complexity index is 318. The van der Waals surface area contributed by atoms with Crippen molar-refractivity contribution < 1.29 is 9.53 Å². The number of nitrogens with zero attached hydrogens (tertiary/aromatic N) is 1. The topological polar surface area (TPSA) is 41.6 Å². The lowest BCUT2D eigenvalue weighted by atomic mass is 9.92. The van der Waals surface area contributed by atoms with Crippen molar-refractivity contribution in [2.75, 3.05) is 14.2 Å². The van der Waals surface area contributed by atoms with E-state index < -0.39 is 5.54 Å². The van der Waals surface area contributed by atoms with Crippen LogP contribution in [0.2, 0.25) is 0 Å². The van der Waals surface area contributed by atoms with Gasteiger partial charge < -0.3 is 9.64 Å². The van der Waals surface area contributed by atoms with E-state index in [9.17, 15) is 4.79 Å². The Morgan fingerprint density at radius 3 is 2.45 bits per heavy atom. The van der Waals surface area contributed by atoms with Crippen LogP contribution < -0.4 is 5.32 Å². The minimum absolute atomic E-state index is 0.146. The molecule has 3 atom stereocenters. The summed E-state index contributed by atoms with van der Waals surface area (Å²) < 4.78 is 5.01. The number of methoxy groups -OCH3 is 1. The van der Waals surface area contributed by atoms with E-state index in [1.165, 1.54) is 32.8 Å². The Kier molecular flexibility index (Phi) is 6.46. The number of ether oxygens (including phenoxy) is 1. The maximum absolute atomic E-state index is 12.1. The van der Waals surface area contributed by atoms with Gasteiger partial charge in [0.05, 0.1) is 7.11 Å². The second-order valence-electron chi connectivity index (χ2n) is 6.60. The summed E-state index contributed by atoms with van der Waals surface area (Å²) in [4.78, 5) is 14.5. The van der Waals surface area contributed by atoms with Crippen LogP contribution >= 0.6 is 0 Å². The summed E-state index contributed by atoms with van der Waals surface area (Å²) in [5.74, 6) is -0.146. The van der Waals surface area contributed by atoms with Gasteiger partial charge in [0.25, 0.3) is 0 Å². The highest BCUT2D eigenvalue weighted by Gasteiger charge is 2.41. The van der Waals surface area contributed by atoms with Crippen molar-refractivity contribution in [2.24, 2.45) is 0 Å². The van der Waals surface area contributed by atoms with Gasteiger partial charge in [-0.15, -0.1) is 0 Å². The molecule has 1 saturated carbocycles. The molecule has 0 aromatic rings. The van der Waals surface area contributed by atoms with Gasteiger partial charge in [0, 0.05) is 18.1 Å². The van der Waals surface area contributed by atoms with Crippen molar-refractivity contribution in [1.82, 2.24) is 10.2 Å². The fourth-order valence-electron chi connectivity index (χ4n) is 2.90. The second-order valence-corrected chi connectivity index (χ2v) is 6.60. The number of hydrogen-bond acceptors (Lipinski definition) is 4. The van der Waals surface area contributed by atoms with Crippen LogP contribution in [0, 0.1) is 0 Å². The number of nitrogens with one attached hydrogen (secondary N) is 1. The SMILES string of the molecule is CCCC(C)N(C)C(C)CC(C)(NC1CC1)C(=O)OC. The molecule has 0 aromatic carbocycles. The van der Waals surface area contributed by atoms with Gasteiger partial charge in [-0.1, -0.05) is 13.3 Å². The van der Waals surface area contributed by atoms with E-state index in [4.69, 9.17) is 4.74 Å². The molecule has 1 aliphatic carbocycles. The van der Waals surface area contributed by atoms with Gasteiger partial charge in [0.2, 0.25) is 0 Å². The van der Waals surface area contributed by atoms with Crippen LogP contribution in [-0.2, 0) is 9.53 Å². The van der Waals surface area contributed by atoms with Crippen LogP contribution in [0.25, 0.3) is 0 Å². The molecule has 20 heavy (non-hydrogen) atoms. The predicted molar refractivity (Wildman–Crippen MR) is 82.8 cm³/mol. The van der Waals surface area contributed by atoms with Crippen LogP contribution in [-0.4, -0.2) is 48.7 Å². The van der Waals surface area contributed by atoms with Gasteiger partial charge >= 0.3 is 5.97 Å². The molecule has 1 rings (SSSR count). The average molecular weight is 284 g/mol. The summed E-state index contributed by atoms with van der Waals surface area (Å²) in [6.07, 6.45) is 5.49. The first-order valence-corrected chi connectivity index (χ1v) is 7.92. The van der Waals surface area contributed by atoms with E-state index in [1.54, 1.807) is 0 Å². The molecular weight excluding hydrogens is 252 g/mol. The fourth-order valence-corrected chi connectivity index (χ4v) is 2.90. The van der Waals surface area contributed by atoms with Crippen molar-refractivity contribution in [3.63, 3.8) is 0 Å². The first kappa shape index (κ1) is 17.4. The lowest BCUT2D eigenvalue weighted by Crippen LogP contribution is -2.55. The molecule has 1 N–H and O–H groups in total. The smallest absolute Gasteiger partial charge is 0.325 e. The summed E-state index contributed by atoms with van der Waals surface area (Å²) in [7, 11) is 3.63. The molecule has 0 aromatic heterocycles. The van der Waals surface area contributed by atoms with E-state index in [0.29, 0.717) is 18.1 Å². The Labute approximate surface area is 124 Å². The van der Waals surface area contributed by atoms with Gasteiger partial charge in [-0.2, -0.15) is 0 Å². The van der Waals surface area contributed by atoms with Gasteiger partial charge in [0.1, 0.15) is 5.54 Å². The summed E-state index contributed by atoms with van der Waals surface area (Å²) in [5.41, 5.74) is -0.574. The fraction of sp³-hybridized carbons (Fsp3) is 0.938. The third-order valence-electron chi connectivity index (χ3n) is 4.54. The van der Waals surface area contributed by atoms with Crippen LogP contribution in [0.3, 0.4) is 0 Å². The molecule has 0 heterocycles. The molecule has 0 radical (unpaired) electrons. The predicted octanol–water partition coefficient (Wildman–Crippen LogP) is 2.57. The summed E-state index contributed by atoms with van der Waals surface area (Å²) in [6, 6.07) is 1.37. The zero-order valence-corrected chi connectivity index (χ0v) is 14.0. The van der Waals surface area contributed by atoms with Gasteiger partial charge in [0.15, 0.2) is 0 Å². The number of carbonyl (C=O) groups excluding carboxylic acids is 1. The third kappa shape index (κ3) is 4.74. The maximum Gasteiger partial charge on any atom is 0.325 e. The first-order chi connectivity index (χ1) is 9.34. The molecule has 0 saturated heterocycles. The summed E-state index contributed by atoms with van der Waals surface area (Å²) >= 11 is 0. The van der Waals surface area contributed by atoms with E-state index in [-0.39, 0.29) is 5.97 Å². The Morgan fingerprint density at radius 2 is 2.00 bits per heavy atom. The number of hydrogen-bond donors (Lipinski definition) is 1. The monoisotopic (exact) mass is 284 g/mol. The lowest BCUT2D eigenvalue weighted by Gasteiger charge is -2.37. The van der Waals surface area contributed by atoms with Crippen molar-refractivity contribution in [1.29, 1.82) is 0 Å². The molecule has 1 aliphatic rings. The molecule has 0 spiro atoms. The van der Waals surface area contributed by atoms with Crippen LogP contribution in [0.15, 0.2) is 0 Å². The highest BCUT2D eigenvalue weighted by molar-refractivity contribution is 5.80. The van der Waals surface area contributed by atoms with Gasteiger partial charge in [-0.05, 0) is 53.5 Å². The molecule has 0 amide bonds. The van der Waals surface area contributed by atoms with Crippen molar-refractivity contribution in [3.05, 3.63) is 0 Å². The van der Waals surface area contributed by atoms with Crippen LogP contribution in [0.1, 0.15) is 59.8 Å². The average Bonchev–Trinajstić information content (AvgIpc) is 3.20. The van der Waals surface area contributed by atoms with E-state index in [2.05, 4.69) is 38.0 Å². The molecule has 4 heteroatoms. The van der Waals surface area contributed by atoms with Gasteiger partial charge in [-0.3, -0.25) is 10.1 Å². The molecular formula is C16H32N2O2. The first-order valence-electron chi connectivity index (χ1n) is 7.92. The second kappa shape index (κ2) is 7.41. The van der Waals surface area contributed by atoms with Gasteiger partial charge in [-0.25, -0.2) is 0 Å². The quantitative estimate of drug-likeness (QED) is 0.661. The maximum atomic E-state index is 12.1. The largest absolute Gasteiger partial charge is 0.468 e. The highest BCUT2D eigenvalue weighted by atomic mass is 16.5. The summed E-state index contributed by atoms with van der Waals surface area (Å²) in [5, 5.41) is 3.47. The van der Waals surface area contributed by atoms with E-state index in [1.807, 2.05) is 6.92 Å². The van der Waals surface area contributed by atoms with Crippen molar-refractivity contribution in [2.45, 2.75) is 83.5 Å². The van der Waals surface area contributed by atoms with E-state index >= 15 is 0 Å². The molecule has 1 fully saturated rings. The zero-order valence-electron chi connectivity index (χ0n) is 14.0. The van der Waals surface area contributed by atoms with Crippen molar-refractivity contribution >= 4 is 5.97 Å². The molecule has 0 aliphatic heterocycles. The number of esters is 1. The lowest BCUT2D eigenvalue weighted by molar-refractivity contribution is -0.149.